The van der Waals surface area contributed by atoms with Crippen LogP contribution >= 0.6 is 0 Å². The molecule has 0 aromatic heterocycles. The third kappa shape index (κ3) is 5.09. The van der Waals surface area contributed by atoms with Gasteiger partial charge in [0.2, 0.25) is 0 Å². The molecule has 1 heterocycles. The summed E-state index contributed by atoms with van der Waals surface area (Å²) in [7, 11) is -3.46. The van der Waals surface area contributed by atoms with Crippen molar-refractivity contribution < 1.29 is 8.42 Å². The number of anilines is 2. The van der Waals surface area contributed by atoms with Crippen LogP contribution in [0.25, 0.3) is 0 Å². The first-order chi connectivity index (χ1) is 12.1. The molecule has 3 rings (SSSR count). The van der Waals surface area contributed by atoms with Gasteiger partial charge in [0, 0.05) is 50.1 Å². The zero-order valence-electron chi connectivity index (χ0n) is 15.1. The van der Waals surface area contributed by atoms with Gasteiger partial charge in [-0.2, -0.15) is 13.1 Å². The Morgan fingerprint density at radius 2 is 1.64 bits per heavy atom. The van der Waals surface area contributed by atoms with Gasteiger partial charge in [0.25, 0.3) is 10.2 Å². The second-order valence-corrected chi connectivity index (χ2v) is 8.46. The van der Waals surface area contributed by atoms with Gasteiger partial charge in [-0.1, -0.05) is 26.2 Å². The summed E-state index contributed by atoms with van der Waals surface area (Å²) in [5.74, 6) is 0. The monoisotopic (exact) mass is 366 g/mol. The normalized spacial score (nSPS) is 20.6. The van der Waals surface area contributed by atoms with Gasteiger partial charge in [-0.05, 0) is 37.1 Å². The largest absolute Gasteiger partial charge is 0.369 e. The number of nitrogens with zero attached hydrogens (tertiary/aromatic N) is 2. The molecule has 0 unspecified atom stereocenters. The Kier molecular flexibility index (Phi) is 6.19. The van der Waals surface area contributed by atoms with E-state index in [0.717, 1.165) is 37.9 Å². The number of piperazine rings is 1. The van der Waals surface area contributed by atoms with Gasteiger partial charge in [-0.25, -0.2) is 0 Å². The lowest BCUT2D eigenvalue weighted by molar-refractivity contribution is 0.148. The summed E-state index contributed by atoms with van der Waals surface area (Å²) >= 11 is 0. The van der Waals surface area contributed by atoms with Crippen molar-refractivity contribution in [3.8, 4) is 0 Å². The zero-order valence-corrected chi connectivity index (χ0v) is 15.9. The van der Waals surface area contributed by atoms with Crippen molar-refractivity contribution in [3.63, 3.8) is 0 Å². The molecular weight excluding hydrogens is 336 g/mol. The van der Waals surface area contributed by atoms with Crippen LogP contribution in [-0.2, 0) is 10.2 Å². The highest BCUT2D eigenvalue weighted by molar-refractivity contribution is 7.90. The third-order valence-corrected chi connectivity index (χ3v) is 6.40. The molecule has 1 aliphatic carbocycles. The lowest BCUT2D eigenvalue weighted by Gasteiger charge is -2.41. The predicted molar refractivity (Wildman–Crippen MR) is 103 cm³/mol. The van der Waals surface area contributed by atoms with Gasteiger partial charge in [-0.3, -0.25) is 9.62 Å². The van der Waals surface area contributed by atoms with E-state index in [4.69, 9.17) is 0 Å². The van der Waals surface area contributed by atoms with E-state index >= 15 is 0 Å². The Hall–Kier alpha value is -1.31. The molecule has 0 bridgehead atoms. The molecule has 1 aromatic rings. The Bertz CT molecular complexity index is 634. The maximum atomic E-state index is 11.7. The van der Waals surface area contributed by atoms with Gasteiger partial charge in [0.05, 0.1) is 0 Å². The first kappa shape index (κ1) is 18.5. The second kappa shape index (κ2) is 8.38. The maximum absolute atomic E-state index is 11.7. The Balaban J connectivity index is 1.53. The summed E-state index contributed by atoms with van der Waals surface area (Å²) in [5.41, 5.74) is 1.75. The smallest absolute Gasteiger partial charge is 0.299 e. The van der Waals surface area contributed by atoms with Crippen LogP contribution in [0.4, 0.5) is 11.4 Å². The molecule has 25 heavy (non-hydrogen) atoms. The third-order valence-electron chi connectivity index (χ3n) is 5.22. The SMILES string of the molecule is CCNS(=O)(=O)Nc1ccc(N2CCN(C3CCCCC3)CC2)cc1. The lowest BCUT2D eigenvalue weighted by atomic mass is 9.94. The van der Waals surface area contributed by atoms with E-state index in [2.05, 4.69) is 19.2 Å². The molecule has 7 heteroatoms. The minimum atomic E-state index is -3.46. The number of hydrogen-bond donors (Lipinski definition) is 2. The van der Waals surface area contributed by atoms with Crippen LogP contribution in [-0.4, -0.2) is 52.1 Å². The topological polar surface area (TPSA) is 64.7 Å². The summed E-state index contributed by atoms with van der Waals surface area (Å²) in [4.78, 5) is 5.05. The van der Waals surface area contributed by atoms with Gasteiger partial charge in [0.15, 0.2) is 0 Å². The van der Waals surface area contributed by atoms with Crippen molar-refractivity contribution in [1.82, 2.24) is 9.62 Å². The van der Waals surface area contributed by atoms with E-state index in [0.29, 0.717) is 12.2 Å². The fourth-order valence-corrected chi connectivity index (χ4v) is 4.81. The van der Waals surface area contributed by atoms with E-state index in [1.165, 1.54) is 32.1 Å². The summed E-state index contributed by atoms with van der Waals surface area (Å²) in [6.07, 6.45) is 6.89. The van der Waals surface area contributed by atoms with E-state index in [9.17, 15) is 8.42 Å². The van der Waals surface area contributed by atoms with E-state index in [-0.39, 0.29) is 0 Å². The highest BCUT2D eigenvalue weighted by atomic mass is 32.2. The summed E-state index contributed by atoms with van der Waals surface area (Å²) in [6.45, 7) is 6.46. The summed E-state index contributed by atoms with van der Waals surface area (Å²) < 4.78 is 28.4. The molecule has 0 amide bonds. The number of benzene rings is 1. The molecule has 2 fully saturated rings. The predicted octanol–water partition coefficient (Wildman–Crippen LogP) is 2.41. The first-order valence-corrected chi connectivity index (χ1v) is 10.9. The molecule has 0 spiro atoms. The standard InChI is InChI=1S/C18H30N4O2S/c1-2-19-25(23,24)20-16-8-10-18(11-9-16)22-14-12-21(13-15-22)17-6-4-3-5-7-17/h8-11,17,19-20H,2-7,12-15H2,1H3. The second-order valence-electron chi connectivity index (χ2n) is 6.97. The Morgan fingerprint density at radius 1 is 1.00 bits per heavy atom. The van der Waals surface area contributed by atoms with Gasteiger partial charge in [0.1, 0.15) is 0 Å². The highest BCUT2D eigenvalue weighted by Gasteiger charge is 2.25. The molecule has 1 aromatic carbocycles. The fourth-order valence-electron chi connectivity index (χ4n) is 3.91. The van der Waals surface area contributed by atoms with Gasteiger partial charge < -0.3 is 4.90 Å². The molecule has 1 aliphatic heterocycles. The van der Waals surface area contributed by atoms with Crippen molar-refractivity contribution in [3.05, 3.63) is 24.3 Å². The average Bonchev–Trinajstić information content (AvgIpc) is 2.63. The highest BCUT2D eigenvalue weighted by Crippen LogP contribution is 2.25. The van der Waals surface area contributed by atoms with Crippen molar-refractivity contribution in [2.75, 3.05) is 42.3 Å². The summed E-state index contributed by atoms with van der Waals surface area (Å²) in [6, 6.07) is 8.45. The molecule has 1 saturated carbocycles. The van der Waals surface area contributed by atoms with Crippen molar-refractivity contribution in [2.45, 2.75) is 45.1 Å². The molecular formula is C18H30N4O2S. The molecule has 0 radical (unpaired) electrons. The van der Waals surface area contributed by atoms with E-state index in [1.807, 2.05) is 24.3 Å². The van der Waals surface area contributed by atoms with Crippen molar-refractivity contribution in [1.29, 1.82) is 0 Å². The van der Waals surface area contributed by atoms with E-state index < -0.39 is 10.2 Å². The van der Waals surface area contributed by atoms with Crippen molar-refractivity contribution in [2.24, 2.45) is 0 Å². The fraction of sp³-hybridized carbons (Fsp3) is 0.667. The maximum Gasteiger partial charge on any atom is 0.299 e. The van der Waals surface area contributed by atoms with Crippen LogP contribution < -0.4 is 14.3 Å². The van der Waals surface area contributed by atoms with Crippen LogP contribution in [0.5, 0.6) is 0 Å². The number of rotatable bonds is 6. The lowest BCUT2D eigenvalue weighted by Crippen LogP contribution is -2.50. The average molecular weight is 367 g/mol. The minimum Gasteiger partial charge on any atom is -0.369 e. The van der Waals surface area contributed by atoms with Gasteiger partial charge >= 0.3 is 0 Å². The quantitative estimate of drug-likeness (QED) is 0.811. The molecule has 0 atom stereocenters. The van der Waals surface area contributed by atoms with Crippen LogP contribution in [0, 0.1) is 0 Å². The van der Waals surface area contributed by atoms with Crippen LogP contribution in [0.2, 0.25) is 0 Å². The van der Waals surface area contributed by atoms with Crippen LogP contribution in [0.1, 0.15) is 39.0 Å². The minimum absolute atomic E-state index is 0.374. The zero-order chi connectivity index (χ0) is 17.7. The summed E-state index contributed by atoms with van der Waals surface area (Å²) in [5, 5.41) is 0. The first-order valence-electron chi connectivity index (χ1n) is 9.44. The van der Waals surface area contributed by atoms with Crippen molar-refractivity contribution >= 4 is 21.6 Å². The molecule has 2 aliphatic rings. The number of hydrogen-bond acceptors (Lipinski definition) is 4. The molecule has 1 saturated heterocycles. The van der Waals surface area contributed by atoms with Crippen LogP contribution in [0.3, 0.4) is 0 Å². The Labute approximate surface area is 151 Å². The van der Waals surface area contributed by atoms with E-state index in [1.54, 1.807) is 6.92 Å². The van der Waals surface area contributed by atoms with Crippen LogP contribution in [0.15, 0.2) is 24.3 Å². The molecule has 2 N–H and O–H groups in total. The van der Waals surface area contributed by atoms with Gasteiger partial charge in [-0.15, -0.1) is 0 Å². The number of nitrogens with one attached hydrogen (secondary N) is 2. The Morgan fingerprint density at radius 3 is 2.24 bits per heavy atom. The molecule has 6 nitrogen and oxygen atoms in total. The molecule has 140 valence electrons.